The second-order valence-electron chi connectivity index (χ2n) is 5.35. The zero-order valence-electron chi connectivity index (χ0n) is 11.0. The zero-order valence-corrected chi connectivity index (χ0v) is 12.6. The minimum Gasteiger partial charge on any atom is -0.396 e. The average molecular weight is 330 g/mol. The van der Waals surface area contributed by atoms with Crippen LogP contribution < -0.4 is 5.32 Å². The van der Waals surface area contributed by atoms with E-state index in [2.05, 4.69) is 21.2 Å². The fourth-order valence-electron chi connectivity index (χ4n) is 2.86. The number of hydrogen-bond acceptors (Lipinski definition) is 2. The third-order valence-corrected chi connectivity index (χ3v) is 4.80. The van der Waals surface area contributed by atoms with Gasteiger partial charge < -0.3 is 10.4 Å². The Bertz CT molecular complexity index is 413. The SMILES string of the molecule is OCC1CCCCC1CNCc1cc(F)ccc1Br. The van der Waals surface area contributed by atoms with Crippen molar-refractivity contribution in [2.45, 2.75) is 32.2 Å². The maximum Gasteiger partial charge on any atom is 0.123 e. The van der Waals surface area contributed by atoms with Crippen LogP contribution in [0.4, 0.5) is 4.39 Å². The van der Waals surface area contributed by atoms with Crippen LogP contribution in [0, 0.1) is 17.7 Å². The minimum absolute atomic E-state index is 0.203. The number of aliphatic hydroxyl groups is 1. The van der Waals surface area contributed by atoms with Crippen molar-refractivity contribution in [2.24, 2.45) is 11.8 Å². The van der Waals surface area contributed by atoms with Crippen LogP contribution in [0.25, 0.3) is 0 Å². The molecule has 1 saturated carbocycles. The Morgan fingerprint density at radius 2 is 2.00 bits per heavy atom. The Balaban J connectivity index is 1.83. The highest BCUT2D eigenvalue weighted by atomic mass is 79.9. The third-order valence-electron chi connectivity index (χ3n) is 4.03. The maximum absolute atomic E-state index is 13.2. The lowest BCUT2D eigenvalue weighted by atomic mass is 9.79. The summed E-state index contributed by atoms with van der Waals surface area (Å²) in [7, 11) is 0. The molecular weight excluding hydrogens is 309 g/mol. The van der Waals surface area contributed by atoms with E-state index in [4.69, 9.17) is 0 Å². The summed E-state index contributed by atoms with van der Waals surface area (Å²) in [5, 5.41) is 12.8. The molecule has 2 rings (SSSR count). The summed E-state index contributed by atoms with van der Waals surface area (Å²) >= 11 is 3.44. The summed E-state index contributed by atoms with van der Waals surface area (Å²) in [5.74, 6) is 0.772. The van der Waals surface area contributed by atoms with E-state index < -0.39 is 0 Å². The quantitative estimate of drug-likeness (QED) is 0.866. The normalized spacial score (nSPS) is 23.5. The van der Waals surface area contributed by atoms with E-state index in [0.717, 1.165) is 23.0 Å². The van der Waals surface area contributed by atoms with Crippen molar-refractivity contribution in [3.05, 3.63) is 34.1 Å². The van der Waals surface area contributed by atoms with Gasteiger partial charge >= 0.3 is 0 Å². The molecule has 2 atom stereocenters. The fraction of sp³-hybridized carbons (Fsp3) is 0.600. The van der Waals surface area contributed by atoms with Gasteiger partial charge in [-0.3, -0.25) is 0 Å². The molecule has 1 aromatic carbocycles. The van der Waals surface area contributed by atoms with Gasteiger partial charge in [0.25, 0.3) is 0 Å². The molecule has 0 aliphatic heterocycles. The van der Waals surface area contributed by atoms with Crippen LogP contribution >= 0.6 is 15.9 Å². The molecule has 19 heavy (non-hydrogen) atoms. The predicted molar refractivity (Wildman–Crippen MR) is 78.3 cm³/mol. The van der Waals surface area contributed by atoms with Crippen molar-refractivity contribution < 1.29 is 9.50 Å². The lowest BCUT2D eigenvalue weighted by Crippen LogP contribution is -2.32. The fourth-order valence-corrected chi connectivity index (χ4v) is 3.25. The minimum atomic E-state index is -0.203. The maximum atomic E-state index is 13.2. The second-order valence-corrected chi connectivity index (χ2v) is 6.21. The lowest BCUT2D eigenvalue weighted by molar-refractivity contribution is 0.133. The molecule has 106 valence electrons. The molecule has 1 aliphatic carbocycles. The molecule has 1 aliphatic rings. The summed E-state index contributed by atoms with van der Waals surface area (Å²) in [6.07, 6.45) is 4.80. The van der Waals surface area contributed by atoms with Crippen LogP contribution in [-0.4, -0.2) is 18.3 Å². The van der Waals surface area contributed by atoms with E-state index in [0.29, 0.717) is 18.4 Å². The molecule has 0 aromatic heterocycles. The molecule has 1 aromatic rings. The highest BCUT2D eigenvalue weighted by Crippen LogP contribution is 2.29. The first-order chi connectivity index (χ1) is 9.20. The van der Waals surface area contributed by atoms with Gasteiger partial charge in [0.2, 0.25) is 0 Å². The molecule has 1 fully saturated rings. The third kappa shape index (κ3) is 4.26. The van der Waals surface area contributed by atoms with Gasteiger partial charge in [-0.25, -0.2) is 4.39 Å². The van der Waals surface area contributed by atoms with Crippen molar-refractivity contribution in [2.75, 3.05) is 13.2 Å². The van der Waals surface area contributed by atoms with E-state index in [1.807, 2.05) is 0 Å². The predicted octanol–water partition coefficient (Wildman–Crippen LogP) is 3.48. The topological polar surface area (TPSA) is 32.3 Å². The van der Waals surface area contributed by atoms with Gasteiger partial charge in [-0.1, -0.05) is 28.8 Å². The van der Waals surface area contributed by atoms with Gasteiger partial charge in [-0.2, -0.15) is 0 Å². The Kier molecular flexibility index (Phi) is 5.79. The molecule has 0 radical (unpaired) electrons. The van der Waals surface area contributed by atoms with E-state index in [-0.39, 0.29) is 12.4 Å². The molecule has 2 unspecified atom stereocenters. The lowest BCUT2D eigenvalue weighted by Gasteiger charge is -2.30. The molecule has 0 saturated heterocycles. The van der Waals surface area contributed by atoms with Crippen LogP contribution in [0.2, 0.25) is 0 Å². The van der Waals surface area contributed by atoms with Crippen molar-refractivity contribution in [1.82, 2.24) is 5.32 Å². The first-order valence-corrected chi connectivity index (χ1v) is 7.75. The Hall–Kier alpha value is -0.450. The summed E-state index contributed by atoms with van der Waals surface area (Å²) < 4.78 is 14.1. The molecule has 0 bridgehead atoms. The highest BCUT2D eigenvalue weighted by molar-refractivity contribution is 9.10. The van der Waals surface area contributed by atoms with Crippen LogP contribution in [0.1, 0.15) is 31.2 Å². The van der Waals surface area contributed by atoms with E-state index in [1.54, 1.807) is 12.1 Å². The molecular formula is C15H21BrFNO. The summed E-state index contributed by atoms with van der Waals surface area (Å²) in [6.45, 7) is 1.84. The molecule has 2 N–H and O–H groups in total. The molecule has 4 heteroatoms. The average Bonchev–Trinajstić information content (AvgIpc) is 2.43. The van der Waals surface area contributed by atoms with Gasteiger partial charge in [-0.05, 0) is 55.0 Å². The van der Waals surface area contributed by atoms with Gasteiger partial charge in [0.05, 0.1) is 0 Å². The van der Waals surface area contributed by atoms with Crippen LogP contribution in [0.5, 0.6) is 0 Å². The number of hydrogen-bond donors (Lipinski definition) is 2. The van der Waals surface area contributed by atoms with Crippen LogP contribution in [0.15, 0.2) is 22.7 Å². The number of benzene rings is 1. The monoisotopic (exact) mass is 329 g/mol. The van der Waals surface area contributed by atoms with Crippen molar-refractivity contribution >= 4 is 15.9 Å². The second kappa shape index (κ2) is 7.36. The van der Waals surface area contributed by atoms with Crippen LogP contribution in [-0.2, 0) is 6.54 Å². The Morgan fingerprint density at radius 3 is 2.74 bits per heavy atom. The number of halogens is 2. The molecule has 2 nitrogen and oxygen atoms in total. The zero-order chi connectivity index (χ0) is 13.7. The molecule has 0 heterocycles. The van der Waals surface area contributed by atoms with Crippen molar-refractivity contribution in [3.63, 3.8) is 0 Å². The largest absolute Gasteiger partial charge is 0.396 e. The van der Waals surface area contributed by atoms with E-state index in [9.17, 15) is 9.50 Å². The first-order valence-electron chi connectivity index (χ1n) is 6.96. The highest BCUT2D eigenvalue weighted by Gasteiger charge is 2.23. The van der Waals surface area contributed by atoms with E-state index in [1.165, 1.54) is 25.3 Å². The number of nitrogens with one attached hydrogen (secondary N) is 1. The van der Waals surface area contributed by atoms with Gasteiger partial charge in [0.1, 0.15) is 5.82 Å². The van der Waals surface area contributed by atoms with Gasteiger partial charge in [0, 0.05) is 17.6 Å². The van der Waals surface area contributed by atoms with Crippen molar-refractivity contribution in [1.29, 1.82) is 0 Å². The standard InChI is InChI=1S/C15H21BrFNO/c16-15-6-5-14(17)7-13(15)9-18-8-11-3-1-2-4-12(11)10-19/h5-7,11-12,18-19H,1-4,8-10H2. The van der Waals surface area contributed by atoms with Crippen molar-refractivity contribution in [3.8, 4) is 0 Å². The molecule has 0 amide bonds. The van der Waals surface area contributed by atoms with Gasteiger partial charge in [-0.15, -0.1) is 0 Å². The summed E-state index contributed by atoms with van der Waals surface area (Å²) in [6, 6.07) is 4.75. The number of rotatable bonds is 5. The first kappa shape index (κ1) is 14.9. The Labute approximate surface area is 122 Å². The Morgan fingerprint density at radius 1 is 1.26 bits per heavy atom. The summed E-state index contributed by atoms with van der Waals surface area (Å²) in [5.41, 5.74) is 0.941. The smallest absolute Gasteiger partial charge is 0.123 e. The molecule has 0 spiro atoms. The van der Waals surface area contributed by atoms with Gasteiger partial charge in [0.15, 0.2) is 0 Å². The number of aliphatic hydroxyl groups excluding tert-OH is 1. The van der Waals surface area contributed by atoms with E-state index >= 15 is 0 Å². The van der Waals surface area contributed by atoms with Crippen LogP contribution in [0.3, 0.4) is 0 Å². The summed E-state index contributed by atoms with van der Waals surface area (Å²) in [4.78, 5) is 0.